The standard InChI is InChI=1S/C17H16Cl2N2O4S/c18-13-9-14(19)11-15(10-13)20-17(22)12-2-1-3-16(8-12)26(23,24)21-4-6-25-7-5-21/h1-3,8-11H,4-7H2,(H,20,22). The Morgan fingerprint density at radius 2 is 1.69 bits per heavy atom. The first-order chi connectivity index (χ1) is 12.4. The second-order valence-electron chi connectivity index (χ2n) is 5.66. The van der Waals surface area contributed by atoms with Crippen molar-refractivity contribution in [3.05, 3.63) is 58.1 Å². The summed E-state index contributed by atoms with van der Waals surface area (Å²) in [5.41, 5.74) is 0.643. The van der Waals surface area contributed by atoms with Gasteiger partial charge in [0.05, 0.1) is 18.1 Å². The van der Waals surface area contributed by atoms with Gasteiger partial charge in [-0.1, -0.05) is 29.3 Å². The number of amides is 1. The van der Waals surface area contributed by atoms with E-state index in [1.807, 2.05) is 0 Å². The van der Waals surface area contributed by atoms with Crippen molar-refractivity contribution in [2.45, 2.75) is 4.90 Å². The molecule has 1 aliphatic heterocycles. The number of nitrogens with one attached hydrogen (secondary N) is 1. The van der Waals surface area contributed by atoms with Crippen molar-refractivity contribution in [1.29, 1.82) is 0 Å². The van der Waals surface area contributed by atoms with Crippen molar-refractivity contribution >= 4 is 44.8 Å². The molecule has 1 aliphatic rings. The molecular formula is C17H16Cl2N2O4S. The molecule has 0 atom stereocenters. The monoisotopic (exact) mass is 414 g/mol. The summed E-state index contributed by atoms with van der Waals surface area (Å²) in [4.78, 5) is 12.5. The molecule has 0 unspecified atom stereocenters. The van der Waals surface area contributed by atoms with Crippen molar-refractivity contribution in [2.24, 2.45) is 0 Å². The minimum absolute atomic E-state index is 0.0659. The van der Waals surface area contributed by atoms with Crippen molar-refractivity contribution in [2.75, 3.05) is 31.6 Å². The van der Waals surface area contributed by atoms with Crippen LogP contribution in [0.4, 0.5) is 5.69 Å². The van der Waals surface area contributed by atoms with E-state index < -0.39 is 15.9 Å². The van der Waals surface area contributed by atoms with Crippen LogP contribution in [-0.4, -0.2) is 44.9 Å². The molecule has 0 aliphatic carbocycles. The summed E-state index contributed by atoms with van der Waals surface area (Å²) in [7, 11) is -3.67. The minimum atomic E-state index is -3.67. The molecule has 0 aromatic heterocycles. The summed E-state index contributed by atoms with van der Waals surface area (Å²) in [5.74, 6) is -0.456. The van der Waals surface area contributed by atoms with Gasteiger partial charge in [0.1, 0.15) is 0 Å². The van der Waals surface area contributed by atoms with E-state index in [-0.39, 0.29) is 10.5 Å². The van der Waals surface area contributed by atoms with Gasteiger partial charge < -0.3 is 10.1 Å². The molecular weight excluding hydrogens is 399 g/mol. The van der Waals surface area contributed by atoms with E-state index in [9.17, 15) is 13.2 Å². The first kappa shape index (κ1) is 19.1. The summed E-state index contributed by atoms with van der Waals surface area (Å²) in [6.07, 6.45) is 0. The minimum Gasteiger partial charge on any atom is -0.379 e. The lowest BCUT2D eigenvalue weighted by molar-refractivity contribution is 0.0730. The second-order valence-corrected chi connectivity index (χ2v) is 8.47. The zero-order valence-electron chi connectivity index (χ0n) is 13.6. The van der Waals surface area contributed by atoms with Crippen LogP contribution in [-0.2, 0) is 14.8 Å². The molecule has 2 aromatic carbocycles. The molecule has 0 spiro atoms. The molecule has 9 heteroatoms. The molecule has 1 amide bonds. The Morgan fingerprint density at radius 3 is 2.35 bits per heavy atom. The molecule has 0 bridgehead atoms. The van der Waals surface area contributed by atoms with Gasteiger partial charge in [-0.3, -0.25) is 4.79 Å². The molecule has 2 aromatic rings. The Morgan fingerprint density at radius 1 is 1.04 bits per heavy atom. The Hall–Kier alpha value is -1.64. The van der Waals surface area contributed by atoms with E-state index in [2.05, 4.69) is 5.32 Å². The number of halogens is 2. The predicted molar refractivity (Wildman–Crippen MR) is 100 cm³/mol. The van der Waals surface area contributed by atoms with Gasteiger partial charge >= 0.3 is 0 Å². The highest BCUT2D eigenvalue weighted by atomic mass is 35.5. The molecule has 1 saturated heterocycles. The zero-order chi connectivity index (χ0) is 18.7. The van der Waals surface area contributed by atoms with Crippen LogP contribution in [0.2, 0.25) is 10.0 Å². The third-order valence-corrected chi connectivity index (χ3v) is 6.16. The maximum atomic E-state index is 12.7. The van der Waals surface area contributed by atoms with Crippen molar-refractivity contribution in [1.82, 2.24) is 4.31 Å². The Labute approximate surface area is 161 Å². The van der Waals surface area contributed by atoms with Crippen molar-refractivity contribution < 1.29 is 17.9 Å². The van der Waals surface area contributed by atoms with Gasteiger partial charge in [-0.2, -0.15) is 4.31 Å². The fourth-order valence-electron chi connectivity index (χ4n) is 2.56. The summed E-state index contributed by atoms with van der Waals surface area (Å²) in [6.45, 7) is 1.30. The number of rotatable bonds is 4. The molecule has 6 nitrogen and oxygen atoms in total. The smallest absolute Gasteiger partial charge is 0.255 e. The van der Waals surface area contributed by atoms with Crippen LogP contribution in [0.1, 0.15) is 10.4 Å². The van der Waals surface area contributed by atoms with Crippen LogP contribution >= 0.6 is 23.2 Å². The maximum Gasteiger partial charge on any atom is 0.255 e. The predicted octanol–water partition coefficient (Wildman–Crippen LogP) is 3.27. The molecule has 138 valence electrons. The molecule has 1 N–H and O–H groups in total. The maximum absolute atomic E-state index is 12.7. The molecule has 1 fully saturated rings. The number of morpholine rings is 1. The number of anilines is 1. The van der Waals surface area contributed by atoms with Crippen LogP contribution < -0.4 is 5.32 Å². The SMILES string of the molecule is O=C(Nc1cc(Cl)cc(Cl)c1)c1cccc(S(=O)(=O)N2CCOCC2)c1. The molecule has 0 saturated carbocycles. The van der Waals surface area contributed by atoms with E-state index in [4.69, 9.17) is 27.9 Å². The average Bonchev–Trinajstić information content (AvgIpc) is 2.61. The van der Waals surface area contributed by atoms with Gasteiger partial charge in [0.15, 0.2) is 0 Å². The highest BCUT2D eigenvalue weighted by molar-refractivity contribution is 7.89. The quantitative estimate of drug-likeness (QED) is 0.832. The Bertz CT molecular complexity index is 908. The van der Waals surface area contributed by atoms with E-state index >= 15 is 0 Å². The largest absolute Gasteiger partial charge is 0.379 e. The van der Waals surface area contributed by atoms with Crippen LogP contribution in [0.3, 0.4) is 0 Å². The molecule has 26 heavy (non-hydrogen) atoms. The van der Waals surface area contributed by atoms with E-state index in [0.29, 0.717) is 42.0 Å². The highest BCUT2D eigenvalue weighted by Gasteiger charge is 2.26. The van der Waals surface area contributed by atoms with Crippen LogP contribution in [0, 0.1) is 0 Å². The summed E-state index contributed by atoms with van der Waals surface area (Å²) in [6, 6.07) is 10.6. The number of hydrogen-bond acceptors (Lipinski definition) is 4. The first-order valence-corrected chi connectivity index (χ1v) is 10.0. The highest BCUT2D eigenvalue weighted by Crippen LogP contribution is 2.24. The van der Waals surface area contributed by atoms with Gasteiger partial charge in [-0.05, 0) is 36.4 Å². The number of nitrogens with zero attached hydrogens (tertiary/aromatic N) is 1. The number of ether oxygens (including phenoxy) is 1. The Kier molecular flexibility index (Phi) is 5.84. The lowest BCUT2D eigenvalue weighted by Gasteiger charge is -2.26. The first-order valence-electron chi connectivity index (χ1n) is 7.82. The number of benzene rings is 2. The number of sulfonamides is 1. The molecule has 3 rings (SSSR count). The van der Waals surface area contributed by atoms with Gasteiger partial charge in [0.2, 0.25) is 10.0 Å². The normalized spacial score (nSPS) is 15.6. The van der Waals surface area contributed by atoms with Crippen LogP contribution in [0.25, 0.3) is 0 Å². The van der Waals surface area contributed by atoms with Crippen LogP contribution in [0.5, 0.6) is 0 Å². The molecule has 1 heterocycles. The third-order valence-electron chi connectivity index (χ3n) is 3.82. The van der Waals surface area contributed by atoms with Gasteiger partial charge in [-0.25, -0.2) is 8.42 Å². The third kappa shape index (κ3) is 4.36. The lowest BCUT2D eigenvalue weighted by atomic mass is 10.2. The van der Waals surface area contributed by atoms with E-state index in [1.54, 1.807) is 24.3 Å². The molecule has 0 radical (unpaired) electrons. The second kappa shape index (κ2) is 7.94. The van der Waals surface area contributed by atoms with Gasteiger partial charge in [0.25, 0.3) is 5.91 Å². The number of carbonyl (C=O) groups is 1. The summed E-state index contributed by atoms with van der Waals surface area (Å²) < 4.78 is 32.0. The van der Waals surface area contributed by atoms with Crippen molar-refractivity contribution in [3.8, 4) is 0 Å². The number of carbonyl (C=O) groups excluding carboxylic acids is 1. The van der Waals surface area contributed by atoms with Gasteiger partial charge in [0, 0.05) is 34.4 Å². The summed E-state index contributed by atoms with van der Waals surface area (Å²) >= 11 is 11.8. The van der Waals surface area contributed by atoms with Crippen LogP contribution in [0.15, 0.2) is 47.4 Å². The fourth-order valence-corrected chi connectivity index (χ4v) is 4.54. The van der Waals surface area contributed by atoms with Crippen molar-refractivity contribution in [3.63, 3.8) is 0 Å². The number of hydrogen-bond donors (Lipinski definition) is 1. The zero-order valence-corrected chi connectivity index (χ0v) is 15.9. The lowest BCUT2D eigenvalue weighted by Crippen LogP contribution is -2.40. The average molecular weight is 415 g/mol. The topological polar surface area (TPSA) is 75.7 Å². The van der Waals surface area contributed by atoms with E-state index in [1.165, 1.54) is 22.5 Å². The summed E-state index contributed by atoms with van der Waals surface area (Å²) in [5, 5.41) is 3.43. The Balaban J connectivity index is 1.83. The fraction of sp³-hybridized carbons (Fsp3) is 0.235. The van der Waals surface area contributed by atoms with E-state index in [0.717, 1.165) is 0 Å². The van der Waals surface area contributed by atoms with Gasteiger partial charge in [-0.15, -0.1) is 0 Å².